The first-order valence-corrected chi connectivity index (χ1v) is 9.97. The zero-order chi connectivity index (χ0) is 19.0. The van der Waals surface area contributed by atoms with E-state index in [-0.39, 0.29) is 23.6 Å². The van der Waals surface area contributed by atoms with Crippen LogP contribution < -0.4 is 4.90 Å². The maximum atomic E-state index is 14.0. The molecule has 6 heteroatoms. The van der Waals surface area contributed by atoms with Gasteiger partial charge in [-0.2, -0.15) is 5.26 Å². The van der Waals surface area contributed by atoms with Gasteiger partial charge in [-0.1, -0.05) is 6.07 Å². The van der Waals surface area contributed by atoms with Crippen molar-refractivity contribution in [1.29, 1.82) is 5.26 Å². The summed E-state index contributed by atoms with van der Waals surface area (Å²) < 4.78 is 14.0. The fourth-order valence-corrected chi connectivity index (χ4v) is 5.17. The van der Waals surface area contributed by atoms with Crippen molar-refractivity contribution in [2.45, 2.75) is 57.1 Å². The fraction of sp³-hybridized carbons (Fsp3) is 0.619. The Balaban J connectivity index is 1.54. The summed E-state index contributed by atoms with van der Waals surface area (Å²) in [6, 6.07) is 6.93. The molecule has 1 spiro atoms. The lowest BCUT2D eigenvalue weighted by molar-refractivity contribution is -0.139. The Morgan fingerprint density at radius 1 is 1.19 bits per heavy atom. The van der Waals surface area contributed by atoms with Crippen LogP contribution in [0.25, 0.3) is 0 Å². The largest absolute Gasteiger partial charge is 0.393 e. The van der Waals surface area contributed by atoms with Gasteiger partial charge in [0.05, 0.1) is 17.2 Å². The van der Waals surface area contributed by atoms with Crippen molar-refractivity contribution in [3.05, 3.63) is 29.6 Å². The summed E-state index contributed by atoms with van der Waals surface area (Å²) >= 11 is 0. The zero-order valence-corrected chi connectivity index (χ0v) is 15.5. The number of hydrogen-bond acceptors (Lipinski definition) is 4. The molecule has 2 saturated heterocycles. The van der Waals surface area contributed by atoms with Crippen LogP contribution in [0.2, 0.25) is 0 Å². The number of piperidine rings is 1. The van der Waals surface area contributed by atoms with Crippen LogP contribution in [-0.2, 0) is 4.79 Å². The van der Waals surface area contributed by atoms with Crippen LogP contribution in [0.15, 0.2) is 18.2 Å². The minimum Gasteiger partial charge on any atom is -0.393 e. The van der Waals surface area contributed by atoms with Crippen LogP contribution in [0, 0.1) is 22.6 Å². The molecule has 1 aliphatic carbocycles. The van der Waals surface area contributed by atoms with E-state index < -0.39 is 11.2 Å². The quantitative estimate of drug-likeness (QED) is 0.868. The zero-order valence-electron chi connectivity index (χ0n) is 15.5. The van der Waals surface area contributed by atoms with Gasteiger partial charge in [-0.05, 0) is 57.1 Å². The molecule has 3 fully saturated rings. The number of likely N-dealkylation sites (tertiary alicyclic amines) is 1. The molecule has 1 aromatic rings. The Morgan fingerprint density at radius 2 is 1.96 bits per heavy atom. The highest BCUT2D eigenvalue weighted by Crippen LogP contribution is 2.44. The second-order valence-corrected chi connectivity index (χ2v) is 8.26. The van der Waals surface area contributed by atoms with Gasteiger partial charge in [0.15, 0.2) is 0 Å². The molecule has 2 aliphatic heterocycles. The molecule has 0 unspecified atom stereocenters. The first kappa shape index (κ1) is 18.2. The summed E-state index contributed by atoms with van der Waals surface area (Å²) in [6.07, 6.45) is 5.58. The van der Waals surface area contributed by atoms with Crippen molar-refractivity contribution in [3.8, 4) is 6.07 Å². The molecule has 5 nitrogen and oxygen atoms in total. The van der Waals surface area contributed by atoms with E-state index in [0.717, 1.165) is 58.0 Å². The number of halogens is 1. The highest BCUT2D eigenvalue weighted by Gasteiger charge is 2.50. The minimum atomic E-state index is -0.505. The molecule has 1 atom stereocenters. The summed E-state index contributed by atoms with van der Waals surface area (Å²) in [5.41, 5.74) is 0.245. The number of nitrogens with zero attached hydrogens (tertiary/aromatic N) is 3. The lowest BCUT2D eigenvalue weighted by Crippen LogP contribution is -2.50. The fourth-order valence-electron chi connectivity index (χ4n) is 5.17. The van der Waals surface area contributed by atoms with Gasteiger partial charge < -0.3 is 14.9 Å². The molecule has 27 heavy (non-hydrogen) atoms. The van der Waals surface area contributed by atoms with E-state index in [1.165, 1.54) is 6.07 Å². The van der Waals surface area contributed by atoms with Crippen LogP contribution >= 0.6 is 0 Å². The van der Waals surface area contributed by atoms with Crippen LogP contribution in [0.4, 0.5) is 10.1 Å². The van der Waals surface area contributed by atoms with Crippen molar-refractivity contribution in [2.24, 2.45) is 5.41 Å². The third-order valence-electron chi connectivity index (χ3n) is 6.67. The summed E-state index contributed by atoms with van der Waals surface area (Å²) in [4.78, 5) is 17.4. The standard InChI is InChI=1S/C21H26FN3O2/c22-18-3-1-4-19(17(18)13-23)24-11-2-9-21(14-24)10-12-25(20(21)27)15-5-7-16(26)8-6-15/h1,3-4,15-16,26H,2,5-12,14H2/t15-,16-,21-/m1/s1. The Hall–Kier alpha value is -2.13. The van der Waals surface area contributed by atoms with E-state index in [2.05, 4.69) is 0 Å². The van der Waals surface area contributed by atoms with Crippen LogP contribution in [-0.4, -0.2) is 47.7 Å². The number of carbonyl (C=O) groups is 1. The SMILES string of the molecule is N#Cc1c(F)cccc1N1CCC[C@@]2(CCN([C@H]3CC[C@H](O)CC3)C2=O)C1. The van der Waals surface area contributed by atoms with Gasteiger partial charge in [-0.3, -0.25) is 4.79 Å². The van der Waals surface area contributed by atoms with E-state index in [1.807, 2.05) is 15.9 Å². The summed E-state index contributed by atoms with van der Waals surface area (Å²) in [5, 5.41) is 19.1. The number of rotatable bonds is 2. The first-order valence-electron chi connectivity index (χ1n) is 9.97. The second kappa shape index (κ2) is 7.12. The maximum absolute atomic E-state index is 14.0. The minimum absolute atomic E-state index is 0.0677. The molecule has 0 aromatic heterocycles. The summed E-state index contributed by atoms with van der Waals surface area (Å²) in [6.45, 7) is 2.06. The molecule has 1 N–H and O–H groups in total. The average molecular weight is 371 g/mol. The Labute approximate surface area is 159 Å². The molecule has 144 valence electrons. The van der Waals surface area contributed by atoms with E-state index in [9.17, 15) is 19.6 Å². The van der Waals surface area contributed by atoms with Gasteiger partial charge in [0, 0.05) is 25.7 Å². The van der Waals surface area contributed by atoms with Gasteiger partial charge >= 0.3 is 0 Å². The van der Waals surface area contributed by atoms with Crippen molar-refractivity contribution in [2.75, 3.05) is 24.5 Å². The van der Waals surface area contributed by atoms with Crippen LogP contribution in [0.1, 0.15) is 50.5 Å². The van der Waals surface area contributed by atoms with Crippen molar-refractivity contribution in [1.82, 2.24) is 4.90 Å². The van der Waals surface area contributed by atoms with Gasteiger partial charge in [-0.25, -0.2) is 4.39 Å². The molecule has 0 bridgehead atoms. The lowest BCUT2D eigenvalue weighted by Gasteiger charge is -2.41. The van der Waals surface area contributed by atoms with E-state index in [0.29, 0.717) is 12.2 Å². The monoisotopic (exact) mass is 371 g/mol. The van der Waals surface area contributed by atoms with E-state index in [1.54, 1.807) is 12.1 Å². The van der Waals surface area contributed by atoms with Gasteiger partial charge in [-0.15, -0.1) is 0 Å². The number of aliphatic hydroxyl groups excluding tert-OH is 1. The van der Waals surface area contributed by atoms with Crippen molar-refractivity contribution < 1.29 is 14.3 Å². The van der Waals surface area contributed by atoms with Crippen molar-refractivity contribution >= 4 is 11.6 Å². The molecular formula is C21H26FN3O2. The van der Waals surface area contributed by atoms with Gasteiger partial charge in [0.2, 0.25) is 5.91 Å². The maximum Gasteiger partial charge on any atom is 0.230 e. The van der Waals surface area contributed by atoms with E-state index in [4.69, 9.17) is 0 Å². The smallest absolute Gasteiger partial charge is 0.230 e. The Bertz CT molecular complexity index is 769. The number of nitriles is 1. The first-order chi connectivity index (χ1) is 13.0. The predicted molar refractivity (Wildman–Crippen MR) is 99.6 cm³/mol. The molecule has 1 aromatic carbocycles. The third-order valence-corrected chi connectivity index (χ3v) is 6.67. The molecule has 2 heterocycles. The topological polar surface area (TPSA) is 67.6 Å². The number of hydrogen-bond donors (Lipinski definition) is 1. The normalized spacial score (nSPS) is 31.4. The Kier molecular flexibility index (Phi) is 4.81. The molecule has 3 aliphatic rings. The van der Waals surface area contributed by atoms with E-state index >= 15 is 0 Å². The third kappa shape index (κ3) is 3.19. The second-order valence-electron chi connectivity index (χ2n) is 8.26. The lowest BCUT2D eigenvalue weighted by atomic mass is 9.78. The highest BCUT2D eigenvalue weighted by molar-refractivity contribution is 5.86. The van der Waals surface area contributed by atoms with Crippen LogP contribution in [0.3, 0.4) is 0 Å². The average Bonchev–Trinajstić information content (AvgIpc) is 2.98. The number of aliphatic hydroxyl groups is 1. The highest BCUT2D eigenvalue weighted by atomic mass is 19.1. The van der Waals surface area contributed by atoms with Crippen molar-refractivity contribution in [3.63, 3.8) is 0 Å². The number of amides is 1. The molecule has 4 rings (SSSR count). The predicted octanol–water partition coefficient (Wildman–Crippen LogP) is 2.82. The molecule has 0 radical (unpaired) electrons. The summed E-state index contributed by atoms with van der Waals surface area (Å²) in [5.74, 6) is -0.293. The number of anilines is 1. The summed E-state index contributed by atoms with van der Waals surface area (Å²) in [7, 11) is 0. The van der Waals surface area contributed by atoms with Gasteiger partial charge in [0.1, 0.15) is 17.4 Å². The Morgan fingerprint density at radius 3 is 2.70 bits per heavy atom. The molecule has 1 saturated carbocycles. The number of benzene rings is 1. The number of carbonyl (C=O) groups excluding carboxylic acids is 1. The van der Waals surface area contributed by atoms with Gasteiger partial charge in [0.25, 0.3) is 0 Å². The molecule has 1 amide bonds. The molecular weight excluding hydrogens is 345 g/mol. The van der Waals surface area contributed by atoms with Crippen LogP contribution in [0.5, 0.6) is 0 Å².